The fourth-order valence-corrected chi connectivity index (χ4v) is 3.47. The third kappa shape index (κ3) is 4.70. The number of nitrogens with two attached hydrogens (primary N) is 1. The van der Waals surface area contributed by atoms with Crippen molar-refractivity contribution < 1.29 is 28.7 Å². The third-order valence-corrected chi connectivity index (χ3v) is 4.81. The number of anilines is 1. The lowest BCUT2D eigenvalue weighted by atomic mass is 10.1. The molecule has 0 aliphatic heterocycles. The van der Waals surface area contributed by atoms with E-state index in [1.807, 2.05) is 0 Å². The third-order valence-electron chi connectivity index (χ3n) is 3.47. The van der Waals surface area contributed by atoms with Crippen molar-refractivity contribution in [2.45, 2.75) is 20.5 Å². The van der Waals surface area contributed by atoms with Crippen LogP contribution in [0.4, 0.5) is 10.7 Å². The van der Waals surface area contributed by atoms with Crippen LogP contribution < -0.4 is 10.5 Å². The number of carbonyl (C=O) groups excluding carboxylic acids is 2. The van der Waals surface area contributed by atoms with Gasteiger partial charge >= 0.3 is 11.9 Å². The Labute approximate surface area is 169 Å². The number of halogens is 1. The van der Waals surface area contributed by atoms with Crippen molar-refractivity contribution in [1.29, 1.82) is 0 Å². The summed E-state index contributed by atoms with van der Waals surface area (Å²) in [5, 5.41) is 10.9. The summed E-state index contributed by atoms with van der Waals surface area (Å²) in [5.41, 5.74) is 5.94. The minimum Gasteiger partial charge on any atom is -0.487 e. The van der Waals surface area contributed by atoms with Crippen LogP contribution in [0.5, 0.6) is 5.75 Å². The van der Waals surface area contributed by atoms with Gasteiger partial charge in [-0.2, -0.15) is 0 Å². The number of hydrogen-bond acceptors (Lipinski definition) is 9. The Hall–Kier alpha value is -2.85. The van der Waals surface area contributed by atoms with E-state index in [9.17, 15) is 19.7 Å². The zero-order valence-electron chi connectivity index (χ0n) is 15.0. The Morgan fingerprint density at radius 1 is 1.21 bits per heavy atom. The Bertz CT molecular complexity index is 913. The monoisotopic (exact) mass is 428 g/mol. The van der Waals surface area contributed by atoms with E-state index in [0.717, 1.165) is 17.4 Å². The van der Waals surface area contributed by atoms with E-state index in [-0.39, 0.29) is 57.3 Å². The fraction of sp³-hybridized carbons (Fsp3) is 0.294. The number of nitrogens with zero attached hydrogens (tertiary/aromatic N) is 1. The maximum Gasteiger partial charge on any atom is 0.348 e. The molecule has 2 aromatic rings. The van der Waals surface area contributed by atoms with Crippen molar-refractivity contribution in [3.8, 4) is 5.75 Å². The van der Waals surface area contributed by atoms with Crippen LogP contribution in [0.3, 0.4) is 0 Å². The molecule has 2 rings (SSSR count). The van der Waals surface area contributed by atoms with Gasteiger partial charge in [-0.15, -0.1) is 11.3 Å². The van der Waals surface area contributed by atoms with E-state index in [2.05, 4.69) is 0 Å². The van der Waals surface area contributed by atoms with Gasteiger partial charge in [0, 0.05) is 17.7 Å². The summed E-state index contributed by atoms with van der Waals surface area (Å²) in [4.78, 5) is 34.8. The van der Waals surface area contributed by atoms with Gasteiger partial charge in [0.05, 0.1) is 23.2 Å². The largest absolute Gasteiger partial charge is 0.487 e. The minimum absolute atomic E-state index is 0.00720. The highest BCUT2D eigenvalue weighted by atomic mass is 35.5. The first-order valence-corrected chi connectivity index (χ1v) is 9.31. The fourth-order valence-electron chi connectivity index (χ4n) is 2.28. The molecule has 28 heavy (non-hydrogen) atoms. The van der Waals surface area contributed by atoms with Crippen LogP contribution >= 0.6 is 22.9 Å². The van der Waals surface area contributed by atoms with E-state index < -0.39 is 16.9 Å². The van der Waals surface area contributed by atoms with E-state index in [0.29, 0.717) is 0 Å². The average Bonchev–Trinajstić information content (AvgIpc) is 2.97. The number of carbonyl (C=O) groups is 2. The van der Waals surface area contributed by atoms with Crippen molar-refractivity contribution in [3.63, 3.8) is 0 Å². The molecule has 1 aromatic heterocycles. The molecule has 11 heteroatoms. The van der Waals surface area contributed by atoms with Crippen molar-refractivity contribution >= 4 is 45.6 Å². The van der Waals surface area contributed by atoms with Crippen molar-refractivity contribution in [2.24, 2.45) is 0 Å². The number of benzene rings is 1. The lowest BCUT2D eigenvalue weighted by Crippen LogP contribution is -2.13. The standard InChI is InChI=1S/C17H17ClN2O7S/c1-3-25-16(21)13-10(14(28-15(13)19)17(22)26-4-2)8-27-12-6-5-9(20(23)24)7-11(12)18/h5-7H,3-4,8,19H2,1-2H3. The molecule has 0 bridgehead atoms. The van der Waals surface area contributed by atoms with Gasteiger partial charge < -0.3 is 19.9 Å². The van der Waals surface area contributed by atoms with Crippen molar-refractivity contribution in [1.82, 2.24) is 0 Å². The number of nitro groups is 1. The molecule has 0 amide bonds. The second-order valence-electron chi connectivity index (χ2n) is 5.25. The van der Waals surface area contributed by atoms with Gasteiger partial charge in [0.2, 0.25) is 0 Å². The Morgan fingerprint density at radius 2 is 1.86 bits per heavy atom. The smallest absolute Gasteiger partial charge is 0.348 e. The van der Waals surface area contributed by atoms with E-state index in [1.165, 1.54) is 12.1 Å². The quantitative estimate of drug-likeness (QED) is 0.381. The Balaban J connectivity index is 2.38. The number of nitrogen functional groups attached to an aromatic ring is 1. The number of rotatable bonds is 8. The SMILES string of the molecule is CCOC(=O)c1sc(N)c(C(=O)OCC)c1COc1ccc([N+](=O)[O-])cc1Cl. The predicted molar refractivity (Wildman–Crippen MR) is 103 cm³/mol. The van der Waals surface area contributed by atoms with Gasteiger partial charge in [-0.1, -0.05) is 11.6 Å². The molecule has 0 aliphatic rings. The predicted octanol–water partition coefficient (Wildman–Crippen LogP) is 3.82. The zero-order chi connectivity index (χ0) is 20.8. The number of thiophene rings is 1. The minimum atomic E-state index is -0.694. The molecule has 2 N–H and O–H groups in total. The topological polar surface area (TPSA) is 131 Å². The first-order chi connectivity index (χ1) is 13.3. The van der Waals surface area contributed by atoms with E-state index in [1.54, 1.807) is 13.8 Å². The van der Waals surface area contributed by atoms with Crippen LogP contribution in [0.1, 0.15) is 39.4 Å². The maximum absolute atomic E-state index is 12.3. The lowest BCUT2D eigenvalue weighted by molar-refractivity contribution is -0.384. The molecule has 0 unspecified atom stereocenters. The molecule has 9 nitrogen and oxygen atoms in total. The summed E-state index contributed by atoms with van der Waals surface area (Å²) in [7, 11) is 0. The van der Waals surface area contributed by atoms with Crippen LogP contribution in [0.2, 0.25) is 5.02 Å². The molecule has 0 aliphatic carbocycles. The molecule has 0 spiro atoms. The molecule has 0 saturated carbocycles. The highest BCUT2D eigenvalue weighted by Gasteiger charge is 2.28. The summed E-state index contributed by atoms with van der Waals surface area (Å²) in [6.45, 7) is 3.30. The molecule has 0 saturated heterocycles. The summed E-state index contributed by atoms with van der Waals surface area (Å²) >= 11 is 6.90. The molecule has 150 valence electrons. The molecule has 0 fully saturated rings. The number of ether oxygens (including phenoxy) is 3. The van der Waals surface area contributed by atoms with Crippen LogP contribution in [-0.4, -0.2) is 30.1 Å². The summed E-state index contributed by atoms with van der Waals surface area (Å²) in [6.07, 6.45) is 0. The highest BCUT2D eigenvalue weighted by molar-refractivity contribution is 7.18. The first-order valence-electron chi connectivity index (χ1n) is 8.12. The Kier molecular flexibility index (Phi) is 7.18. The molecule has 1 aromatic carbocycles. The summed E-state index contributed by atoms with van der Waals surface area (Å²) in [6, 6.07) is 3.68. The maximum atomic E-state index is 12.3. The van der Waals surface area contributed by atoms with E-state index in [4.69, 9.17) is 31.5 Å². The Morgan fingerprint density at radius 3 is 2.43 bits per heavy atom. The highest BCUT2D eigenvalue weighted by Crippen LogP contribution is 2.35. The first kappa shape index (κ1) is 21.5. The molecular weight excluding hydrogens is 412 g/mol. The second kappa shape index (κ2) is 9.38. The van der Waals surface area contributed by atoms with Crippen LogP contribution in [0, 0.1) is 10.1 Å². The normalized spacial score (nSPS) is 10.4. The molecular formula is C17H17ClN2O7S. The second-order valence-corrected chi connectivity index (χ2v) is 6.71. The van der Waals surface area contributed by atoms with Gasteiger partial charge in [0.1, 0.15) is 27.8 Å². The van der Waals surface area contributed by atoms with Gasteiger partial charge in [-0.3, -0.25) is 10.1 Å². The molecule has 0 atom stereocenters. The molecule has 0 radical (unpaired) electrons. The summed E-state index contributed by atoms with van der Waals surface area (Å²) in [5.74, 6) is -1.20. The number of nitro benzene ring substituents is 1. The number of esters is 2. The van der Waals surface area contributed by atoms with Crippen molar-refractivity contribution in [2.75, 3.05) is 18.9 Å². The number of hydrogen-bond donors (Lipinski definition) is 1. The van der Waals surface area contributed by atoms with Crippen LogP contribution in [0.25, 0.3) is 0 Å². The van der Waals surface area contributed by atoms with Gasteiger partial charge in [-0.25, -0.2) is 9.59 Å². The van der Waals surface area contributed by atoms with E-state index >= 15 is 0 Å². The van der Waals surface area contributed by atoms with Crippen LogP contribution in [-0.2, 0) is 16.1 Å². The zero-order valence-corrected chi connectivity index (χ0v) is 16.6. The van der Waals surface area contributed by atoms with Gasteiger partial charge in [0.15, 0.2) is 0 Å². The molecule has 1 heterocycles. The summed E-state index contributed by atoms with van der Waals surface area (Å²) < 4.78 is 15.6. The lowest BCUT2D eigenvalue weighted by Gasteiger charge is -2.11. The average molecular weight is 429 g/mol. The van der Waals surface area contributed by atoms with Crippen LogP contribution in [0.15, 0.2) is 18.2 Å². The van der Waals surface area contributed by atoms with Gasteiger partial charge in [0.25, 0.3) is 5.69 Å². The van der Waals surface area contributed by atoms with Gasteiger partial charge in [-0.05, 0) is 19.9 Å². The number of non-ortho nitro benzene ring substituents is 1. The van der Waals surface area contributed by atoms with Crippen molar-refractivity contribution in [3.05, 3.63) is 49.3 Å².